The monoisotopic (exact) mass is 528 g/mol. The van der Waals surface area contributed by atoms with Gasteiger partial charge in [-0.05, 0) is 73.3 Å². The summed E-state index contributed by atoms with van der Waals surface area (Å²) >= 11 is 0. The molecule has 2 aliphatic rings. The molecule has 0 bridgehead atoms. The number of amides is 1. The molecule has 1 amide bonds. The van der Waals surface area contributed by atoms with E-state index < -0.39 is 21.0 Å². The van der Waals surface area contributed by atoms with Crippen molar-refractivity contribution in [1.29, 1.82) is 0 Å². The molecule has 0 radical (unpaired) electrons. The number of anilines is 1. The van der Waals surface area contributed by atoms with Gasteiger partial charge in [0.1, 0.15) is 11.7 Å². The fraction of sp³-hybridized carbons (Fsp3) is 0.519. The smallest absolute Gasteiger partial charge is 0.292 e. The summed E-state index contributed by atoms with van der Waals surface area (Å²) in [7, 11) is -4.01. The Balaban J connectivity index is 1.57. The predicted octanol–water partition coefficient (Wildman–Crippen LogP) is 4.37. The van der Waals surface area contributed by atoms with Crippen LogP contribution >= 0.6 is 0 Å². The van der Waals surface area contributed by atoms with Crippen LogP contribution in [0.2, 0.25) is 0 Å². The van der Waals surface area contributed by atoms with Gasteiger partial charge in [0, 0.05) is 19.2 Å². The molecule has 1 aliphatic heterocycles. The molecule has 37 heavy (non-hydrogen) atoms. The third-order valence-electron chi connectivity index (χ3n) is 7.69. The minimum Gasteiger partial charge on any atom is -0.393 e. The van der Waals surface area contributed by atoms with Crippen LogP contribution in [0.3, 0.4) is 0 Å². The van der Waals surface area contributed by atoms with Crippen LogP contribution < -0.4 is 10.5 Å². The Morgan fingerprint density at radius 2 is 1.73 bits per heavy atom. The van der Waals surface area contributed by atoms with E-state index >= 15 is 0 Å². The summed E-state index contributed by atoms with van der Waals surface area (Å²) in [5, 5.41) is 11.4. The van der Waals surface area contributed by atoms with Crippen LogP contribution in [0.5, 0.6) is 0 Å². The molecule has 0 aromatic heterocycles. The average molecular weight is 529 g/mol. The predicted molar refractivity (Wildman–Crippen MR) is 143 cm³/mol. The van der Waals surface area contributed by atoms with E-state index in [1.54, 1.807) is 23.1 Å². The number of piperidine rings is 1. The van der Waals surface area contributed by atoms with Gasteiger partial charge in [0.2, 0.25) is 15.9 Å². The second kappa shape index (κ2) is 11.6. The Hall–Kier alpha value is -2.98. The molecule has 200 valence electrons. The van der Waals surface area contributed by atoms with Crippen LogP contribution in [0.15, 0.2) is 47.4 Å². The molecule has 0 spiro atoms. The zero-order chi connectivity index (χ0) is 26.6. The van der Waals surface area contributed by atoms with Crippen molar-refractivity contribution < 1.29 is 18.1 Å². The summed E-state index contributed by atoms with van der Waals surface area (Å²) < 4.78 is 29.4. The number of nitrogens with two attached hydrogens (primary N) is 1. The zero-order valence-electron chi connectivity index (χ0n) is 21.3. The van der Waals surface area contributed by atoms with Crippen LogP contribution in [0.4, 0.5) is 11.4 Å². The maximum atomic E-state index is 13.5. The molecule has 2 aromatic rings. The zero-order valence-corrected chi connectivity index (χ0v) is 22.1. The van der Waals surface area contributed by atoms with Gasteiger partial charge in [-0.2, -0.15) is 4.72 Å². The number of hydrogen-bond acceptors (Lipinski definition) is 6. The first-order valence-electron chi connectivity index (χ1n) is 13.1. The number of nitrogens with one attached hydrogen (secondary N) is 1. The number of likely N-dealkylation sites (tertiary alicyclic amines) is 1. The summed E-state index contributed by atoms with van der Waals surface area (Å²) in [4.78, 5) is 26.1. The molecule has 3 N–H and O–H groups in total. The highest BCUT2D eigenvalue weighted by Gasteiger charge is 2.32. The molecule has 4 rings (SSSR count). The fourth-order valence-electron chi connectivity index (χ4n) is 5.35. The highest BCUT2D eigenvalue weighted by atomic mass is 32.2. The number of benzene rings is 2. The van der Waals surface area contributed by atoms with Crippen molar-refractivity contribution in [2.45, 2.75) is 75.1 Å². The third-order valence-corrected chi connectivity index (χ3v) is 9.18. The number of nitrogens with zero attached hydrogens (tertiary/aromatic N) is 2. The van der Waals surface area contributed by atoms with Crippen molar-refractivity contribution in [2.24, 2.45) is 5.92 Å². The Morgan fingerprint density at radius 1 is 1.08 bits per heavy atom. The van der Waals surface area contributed by atoms with Gasteiger partial charge in [-0.25, -0.2) is 8.42 Å². The number of nitro groups is 1. The maximum Gasteiger partial charge on any atom is 0.292 e. The Kier molecular flexibility index (Phi) is 8.49. The van der Waals surface area contributed by atoms with Crippen LogP contribution in [-0.4, -0.2) is 43.3 Å². The molecular weight excluding hydrogens is 492 g/mol. The summed E-state index contributed by atoms with van der Waals surface area (Å²) in [6.45, 7) is 3.24. The number of carbonyl (C=O) groups excluding carboxylic acids is 1. The van der Waals surface area contributed by atoms with Gasteiger partial charge >= 0.3 is 0 Å². The lowest BCUT2D eigenvalue weighted by molar-refractivity contribution is -0.384. The minimum absolute atomic E-state index is 0.0141. The molecule has 2 aromatic carbocycles. The third kappa shape index (κ3) is 6.67. The Bertz CT molecular complexity index is 1220. The molecule has 1 aliphatic carbocycles. The SMILES string of the molecule is CC1CCN(C(=O)C(Cc2ccc(N)c([N+](=O)[O-])c2)NS(=O)(=O)c2ccc(C3CCCCC3)cc2)CC1. The molecule has 10 heteroatoms. The van der Waals surface area contributed by atoms with E-state index in [9.17, 15) is 23.3 Å². The molecule has 1 atom stereocenters. The summed E-state index contributed by atoms with van der Waals surface area (Å²) in [5.41, 5.74) is 7.07. The molecule has 1 saturated heterocycles. The van der Waals surface area contributed by atoms with Crippen LogP contribution in [0.25, 0.3) is 0 Å². The number of sulfonamides is 1. The summed E-state index contributed by atoms with van der Waals surface area (Å²) in [6, 6.07) is 10.2. The standard InChI is InChI=1S/C27H36N4O5S/c1-19-13-15-30(16-14-19)27(32)25(17-20-7-12-24(28)26(18-20)31(33)34)29-37(35,36)23-10-8-22(9-11-23)21-5-3-2-4-6-21/h7-12,18-19,21,25,29H,2-6,13-17,28H2,1H3. The number of nitrogen functional groups attached to an aromatic ring is 1. The lowest BCUT2D eigenvalue weighted by Crippen LogP contribution is -2.51. The lowest BCUT2D eigenvalue weighted by Gasteiger charge is -2.33. The van der Waals surface area contributed by atoms with Gasteiger partial charge in [-0.15, -0.1) is 0 Å². The van der Waals surface area contributed by atoms with Crippen LogP contribution in [-0.2, 0) is 21.2 Å². The van der Waals surface area contributed by atoms with E-state index in [1.807, 2.05) is 12.1 Å². The minimum atomic E-state index is -4.01. The van der Waals surface area contributed by atoms with Crippen molar-refractivity contribution in [1.82, 2.24) is 9.62 Å². The molecule has 1 unspecified atom stereocenters. The fourth-order valence-corrected chi connectivity index (χ4v) is 6.54. The van der Waals surface area contributed by atoms with E-state index in [2.05, 4.69) is 11.6 Å². The van der Waals surface area contributed by atoms with Crippen molar-refractivity contribution >= 4 is 27.3 Å². The Morgan fingerprint density at radius 3 is 2.35 bits per heavy atom. The van der Waals surface area contributed by atoms with Gasteiger partial charge in [0.15, 0.2) is 0 Å². The number of rotatable bonds is 8. The topological polar surface area (TPSA) is 136 Å². The van der Waals surface area contributed by atoms with Gasteiger partial charge in [-0.3, -0.25) is 14.9 Å². The van der Waals surface area contributed by atoms with E-state index in [1.165, 1.54) is 31.4 Å². The van der Waals surface area contributed by atoms with E-state index in [0.29, 0.717) is 30.5 Å². The number of carbonyl (C=O) groups is 1. The normalized spacial score (nSPS) is 18.5. The molecule has 9 nitrogen and oxygen atoms in total. The van der Waals surface area contributed by atoms with E-state index in [4.69, 9.17) is 5.73 Å². The largest absolute Gasteiger partial charge is 0.393 e. The molecular formula is C27H36N4O5S. The number of hydrogen-bond donors (Lipinski definition) is 2. The van der Waals surface area contributed by atoms with Crippen molar-refractivity contribution in [3.8, 4) is 0 Å². The van der Waals surface area contributed by atoms with Crippen LogP contribution in [0, 0.1) is 16.0 Å². The van der Waals surface area contributed by atoms with Gasteiger partial charge < -0.3 is 10.6 Å². The van der Waals surface area contributed by atoms with E-state index in [0.717, 1.165) is 31.2 Å². The molecule has 2 fully saturated rings. The van der Waals surface area contributed by atoms with Gasteiger partial charge in [0.05, 0.1) is 9.82 Å². The second-order valence-corrected chi connectivity index (χ2v) is 12.2. The molecule has 1 heterocycles. The first-order valence-corrected chi connectivity index (χ1v) is 14.6. The van der Waals surface area contributed by atoms with Crippen molar-refractivity contribution in [3.05, 3.63) is 63.7 Å². The summed E-state index contributed by atoms with van der Waals surface area (Å²) in [5.74, 6) is 0.631. The first kappa shape index (κ1) is 27.1. The maximum absolute atomic E-state index is 13.5. The highest BCUT2D eigenvalue weighted by Crippen LogP contribution is 2.33. The lowest BCUT2D eigenvalue weighted by atomic mass is 9.84. The first-order chi connectivity index (χ1) is 17.6. The second-order valence-electron chi connectivity index (χ2n) is 10.4. The summed E-state index contributed by atoms with van der Waals surface area (Å²) in [6.07, 6.45) is 7.53. The average Bonchev–Trinajstić information content (AvgIpc) is 2.89. The van der Waals surface area contributed by atoms with Crippen LogP contribution in [0.1, 0.15) is 68.9 Å². The molecule has 1 saturated carbocycles. The van der Waals surface area contributed by atoms with Gasteiger partial charge in [0.25, 0.3) is 5.69 Å². The van der Waals surface area contributed by atoms with Crippen molar-refractivity contribution in [2.75, 3.05) is 18.8 Å². The quantitative estimate of drug-likeness (QED) is 0.297. The van der Waals surface area contributed by atoms with Gasteiger partial charge in [-0.1, -0.05) is 44.4 Å². The highest BCUT2D eigenvalue weighted by molar-refractivity contribution is 7.89. The number of nitro benzene ring substituents is 1. The van der Waals surface area contributed by atoms with E-state index in [-0.39, 0.29) is 28.6 Å². The Labute approximate surface area is 218 Å². The van der Waals surface area contributed by atoms with Crippen molar-refractivity contribution in [3.63, 3.8) is 0 Å².